The molecule has 1 aromatic heterocycles. The van der Waals surface area contributed by atoms with E-state index >= 15 is 0 Å². The van der Waals surface area contributed by atoms with Gasteiger partial charge in [0.2, 0.25) is 17.2 Å². The summed E-state index contributed by atoms with van der Waals surface area (Å²) < 4.78 is 0. The summed E-state index contributed by atoms with van der Waals surface area (Å²) in [6.45, 7) is 5.89. The Morgan fingerprint density at radius 1 is 1.33 bits per heavy atom. The molecule has 0 fully saturated rings. The van der Waals surface area contributed by atoms with E-state index < -0.39 is 5.54 Å². The van der Waals surface area contributed by atoms with Gasteiger partial charge in [0.15, 0.2) is 0 Å². The highest BCUT2D eigenvalue weighted by molar-refractivity contribution is 6.28. The highest BCUT2D eigenvalue weighted by Gasteiger charge is 2.33. The molecular formula is C11H17ClN6. The van der Waals surface area contributed by atoms with Gasteiger partial charge in [-0.05, 0) is 23.9 Å². The number of anilines is 2. The molecule has 0 spiro atoms. The number of nitrogens with zero attached hydrogens (tertiary/aromatic N) is 4. The summed E-state index contributed by atoms with van der Waals surface area (Å²) in [5.74, 6) is 0.779. The number of hydrogen-bond donors (Lipinski definition) is 2. The predicted molar refractivity (Wildman–Crippen MR) is 71.5 cm³/mol. The molecule has 0 saturated carbocycles. The maximum Gasteiger partial charge on any atom is 0.230 e. The Bertz CT molecular complexity index is 455. The van der Waals surface area contributed by atoms with Crippen molar-refractivity contribution < 1.29 is 0 Å². The molecule has 0 saturated heterocycles. The lowest BCUT2D eigenvalue weighted by Gasteiger charge is -2.30. The van der Waals surface area contributed by atoms with E-state index in [0.717, 1.165) is 0 Å². The zero-order valence-corrected chi connectivity index (χ0v) is 11.7. The molecule has 7 heteroatoms. The summed E-state index contributed by atoms with van der Waals surface area (Å²) in [5.41, 5.74) is -0.713. The summed E-state index contributed by atoms with van der Waals surface area (Å²) in [6, 6.07) is 2.30. The Kier molecular flexibility index (Phi) is 4.68. The molecule has 0 radical (unpaired) electrons. The smallest absolute Gasteiger partial charge is 0.230 e. The fourth-order valence-electron chi connectivity index (χ4n) is 1.59. The van der Waals surface area contributed by atoms with Crippen LogP contribution in [0.15, 0.2) is 0 Å². The van der Waals surface area contributed by atoms with Crippen LogP contribution in [0.3, 0.4) is 0 Å². The van der Waals surface area contributed by atoms with E-state index in [1.54, 1.807) is 7.05 Å². The van der Waals surface area contributed by atoms with Gasteiger partial charge in [0.05, 0.1) is 6.07 Å². The summed E-state index contributed by atoms with van der Waals surface area (Å²) in [4.78, 5) is 12.0. The minimum atomic E-state index is -0.713. The van der Waals surface area contributed by atoms with Crippen LogP contribution in [0.5, 0.6) is 0 Å². The quantitative estimate of drug-likeness (QED) is 0.852. The van der Waals surface area contributed by atoms with Gasteiger partial charge in [-0.1, -0.05) is 20.8 Å². The van der Waals surface area contributed by atoms with Crippen LogP contribution in [-0.2, 0) is 0 Å². The summed E-state index contributed by atoms with van der Waals surface area (Å²) >= 11 is 5.80. The van der Waals surface area contributed by atoms with Crippen molar-refractivity contribution in [3.8, 4) is 6.07 Å². The number of halogens is 1. The minimum absolute atomic E-state index is 0.0866. The first kappa shape index (κ1) is 14.5. The van der Waals surface area contributed by atoms with Crippen LogP contribution in [0.2, 0.25) is 5.28 Å². The largest absolute Gasteiger partial charge is 0.357 e. The van der Waals surface area contributed by atoms with Gasteiger partial charge in [-0.2, -0.15) is 20.2 Å². The average Bonchev–Trinajstić information content (AvgIpc) is 2.35. The van der Waals surface area contributed by atoms with Crippen molar-refractivity contribution in [1.29, 1.82) is 5.26 Å². The molecule has 1 atom stereocenters. The lowest BCUT2D eigenvalue weighted by atomic mass is 9.85. The van der Waals surface area contributed by atoms with Crippen LogP contribution >= 0.6 is 11.6 Å². The van der Waals surface area contributed by atoms with Gasteiger partial charge in [-0.3, -0.25) is 0 Å². The summed E-state index contributed by atoms with van der Waals surface area (Å²) in [5, 5.41) is 15.3. The average molecular weight is 269 g/mol. The van der Waals surface area contributed by atoms with Crippen LogP contribution in [-0.4, -0.2) is 27.5 Å². The molecule has 1 rings (SSSR count). The van der Waals surface area contributed by atoms with Crippen molar-refractivity contribution in [3.63, 3.8) is 0 Å². The van der Waals surface area contributed by atoms with E-state index in [0.29, 0.717) is 18.3 Å². The van der Waals surface area contributed by atoms with Crippen LogP contribution in [0.25, 0.3) is 0 Å². The second-order valence-corrected chi connectivity index (χ2v) is 4.56. The molecule has 1 aromatic rings. The molecule has 1 heterocycles. The van der Waals surface area contributed by atoms with Gasteiger partial charge in [0.1, 0.15) is 5.54 Å². The van der Waals surface area contributed by atoms with Gasteiger partial charge < -0.3 is 10.6 Å². The molecule has 2 N–H and O–H groups in total. The molecule has 18 heavy (non-hydrogen) atoms. The predicted octanol–water partition coefficient (Wildman–Crippen LogP) is 2.31. The van der Waals surface area contributed by atoms with Crippen LogP contribution in [0, 0.1) is 17.2 Å². The molecule has 1 unspecified atom stereocenters. The Balaban J connectivity index is 3.09. The lowest BCUT2D eigenvalue weighted by Crippen LogP contribution is -2.42. The molecule has 0 amide bonds. The molecule has 0 aromatic carbocycles. The maximum absolute atomic E-state index is 9.37. The maximum atomic E-state index is 9.37. The van der Waals surface area contributed by atoms with E-state index in [-0.39, 0.29) is 11.2 Å². The van der Waals surface area contributed by atoms with Crippen LogP contribution < -0.4 is 10.6 Å². The van der Waals surface area contributed by atoms with Crippen molar-refractivity contribution in [2.24, 2.45) is 5.92 Å². The van der Waals surface area contributed by atoms with Crippen molar-refractivity contribution in [3.05, 3.63) is 5.28 Å². The molecule has 0 aliphatic heterocycles. The highest BCUT2D eigenvalue weighted by atomic mass is 35.5. The fourth-order valence-corrected chi connectivity index (χ4v) is 1.75. The Morgan fingerprint density at radius 2 is 1.94 bits per heavy atom. The number of nitriles is 1. The number of aromatic nitrogens is 3. The van der Waals surface area contributed by atoms with Gasteiger partial charge >= 0.3 is 0 Å². The van der Waals surface area contributed by atoms with E-state index in [1.807, 2.05) is 20.8 Å². The number of nitrogens with one attached hydrogen (secondary N) is 2. The molecular weight excluding hydrogens is 252 g/mol. The van der Waals surface area contributed by atoms with Crippen molar-refractivity contribution in [2.75, 3.05) is 17.7 Å². The topological polar surface area (TPSA) is 86.5 Å². The highest BCUT2D eigenvalue weighted by Crippen LogP contribution is 2.25. The monoisotopic (exact) mass is 268 g/mol. The van der Waals surface area contributed by atoms with Crippen molar-refractivity contribution >= 4 is 23.5 Å². The SMILES string of the molecule is CCC(C#N)(Nc1nc(Cl)nc(NC)n1)C(C)C. The van der Waals surface area contributed by atoms with Crippen LogP contribution in [0.4, 0.5) is 11.9 Å². The zero-order valence-electron chi connectivity index (χ0n) is 11.0. The summed E-state index contributed by atoms with van der Waals surface area (Å²) in [6.07, 6.45) is 0.638. The van der Waals surface area contributed by atoms with E-state index in [1.165, 1.54) is 0 Å². The Morgan fingerprint density at radius 3 is 2.39 bits per heavy atom. The van der Waals surface area contributed by atoms with E-state index in [4.69, 9.17) is 11.6 Å². The minimum Gasteiger partial charge on any atom is -0.357 e. The van der Waals surface area contributed by atoms with Gasteiger partial charge in [0, 0.05) is 7.05 Å². The number of rotatable bonds is 5. The third-order valence-electron chi connectivity index (χ3n) is 2.91. The van der Waals surface area contributed by atoms with Gasteiger partial charge in [-0.15, -0.1) is 0 Å². The second-order valence-electron chi connectivity index (χ2n) is 4.22. The molecule has 0 bridgehead atoms. The summed E-state index contributed by atoms with van der Waals surface area (Å²) in [7, 11) is 1.69. The van der Waals surface area contributed by atoms with Gasteiger partial charge in [-0.25, -0.2) is 0 Å². The lowest BCUT2D eigenvalue weighted by molar-refractivity contribution is 0.413. The normalized spacial score (nSPS) is 13.8. The Labute approximate surface area is 112 Å². The third-order valence-corrected chi connectivity index (χ3v) is 3.08. The fraction of sp³-hybridized carbons (Fsp3) is 0.636. The van der Waals surface area contributed by atoms with E-state index in [9.17, 15) is 5.26 Å². The zero-order chi connectivity index (χ0) is 13.8. The molecule has 98 valence electrons. The molecule has 0 aliphatic rings. The van der Waals surface area contributed by atoms with Crippen molar-refractivity contribution in [2.45, 2.75) is 32.7 Å². The number of hydrogen-bond acceptors (Lipinski definition) is 6. The Hall–Kier alpha value is -1.61. The first-order valence-corrected chi connectivity index (χ1v) is 6.14. The van der Waals surface area contributed by atoms with Crippen molar-refractivity contribution in [1.82, 2.24) is 15.0 Å². The first-order chi connectivity index (χ1) is 8.47. The molecule has 0 aliphatic carbocycles. The first-order valence-electron chi connectivity index (χ1n) is 5.76. The van der Waals surface area contributed by atoms with Gasteiger partial charge in [0.25, 0.3) is 0 Å². The second kappa shape index (κ2) is 5.83. The molecule has 6 nitrogen and oxygen atoms in total. The van der Waals surface area contributed by atoms with Crippen LogP contribution in [0.1, 0.15) is 27.2 Å². The third kappa shape index (κ3) is 2.99. The van der Waals surface area contributed by atoms with E-state index in [2.05, 4.69) is 31.7 Å². The standard InChI is InChI=1S/C11H17ClN6/c1-5-11(6-13,7(2)3)18-10-16-8(12)15-9(14-4)17-10/h7H,5H2,1-4H3,(H2,14,15,16,17,18).